The predicted octanol–water partition coefficient (Wildman–Crippen LogP) is 0.536. The molecule has 0 saturated heterocycles. The highest BCUT2D eigenvalue weighted by Gasteiger charge is 2.11. The molecule has 2 rings (SSSR count). The number of hydrogen-bond acceptors (Lipinski definition) is 3. The lowest BCUT2D eigenvalue weighted by Crippen LogP contribution is -2.14. The number of methoxy groups -OCH3 is 1. The van der Waals surface area contributed by atoms with Crippen LogP contribution in [0.3, 0.4) is 0 Å². The lowest BCUT2D eigenvalue weighted by molar-refractivity contribution is 0.0992. The Morgan fingerprint density at radius 3 is 2.32 bits per heavy atom. The summed E-state index contributed by atoms with van der Waals surface area (Å²) < 4.78 is 5.05. The number of carbonyl (C=O) groups excluding carboxylic acids is 1. The van der Waals surface area contributed by atoms with Crippen LogP contribution < -0.4 is 10.5 Å². The third-order valence-electron chi connectivity index (χ3n) is 2.14. The van der Waals surface area contributed by atoms with E-state index in [0.29, 0.717) is 5.75 Å². The molecular weight excluding hydrogens is 295 g/mol. The molecule has 0 saturated carbocycles. The van der Waals surface area contributed by atoms with Crippen molar-refractivity contribution < 1.29 is 20.5 Å². The van der Waals surface area contributed by atoms with Crippen LogP contribution in [0.5, 0.6) is 5.75 Å². The predicted molar refractivity (Wildman–Crippen MR) is 78.5 cm³/mol. The van der Waals surface area contributed by atoms with Crippen molar-refractivity contribution in [2.45, 2.75) is 0 Å². The van der Waals surface area contributed by atoms with E-state index in [2.05, 4.69) is 4.98 Å². The molecule has 1 heterocycles. The Balaban J connectivity index is -0.000000640. The molecule has 0 aliphatic carbocycles. The molecule has 1 amide bonds. The molecule has 1 aromatic carbocycles. The Kier molecular flexibility index (Phi) is 11.1. The number of carbonyl (C=O) groups is 1. The highest BCUT2D eigenvalue weighted by Crippen LogP contribution is 2.22. The number of hydrogen-bond donors (Lipinski definition) is 1. The number of primary amides is 1. The maximum Gasteiger partial charge on any atom is 0.271 e. The topological polar surface area (TPSA) is 128 Å². The summed E-state index contributed by atoms with van der Waals surface area (Å²) in [5.74, 6) is -0.182. The van der Waals surface area contributed by atoms with Crippen LogP contribution in [-0.4, -0.2) is 29.0 Å². The summed E-state index contributed by atoms with van der Waals surface area (Å²) in [4.78, 5) is 15.3. The molecule has 8 heteroatoms. The second-order valence-electron chi connectivity index (χ2n) is 3.10. The third-order valence-corrected chi connectivity index (χ3v) is 2.14. The number of para-hydroxylation sites is 1. The monoisotopic (exact) mass is 310 g/mol. The molecule has 6 N–H and O–H groups in total. The van der Waals surface area contributed by atoms with Crippen LogP contribution in [0.15, 0.2) is 30.3 Å². The van der Waals surface area contributed by atoms with Crippen LogP contribution in [0, 0.1) is 0 Å². The first-order valence-corrected chi connectivity index (χ1v) is 4.46. The van der Waals surface area contributed by atoms with Gasteiger partial charge < -0.3 is 21.4 Å². The molecular formula is C11H16Cl2N2O4. The number of aromatic nitrogens is 1. The largest absolute Gasteiger partial charge is 0.494 e. The van der Waals surface area contributed by atoms with E-state index in [0.717, 1.165) is 10.9 Å². The Morgan fingerprint density at radius 2 is 1.79 bits per heavy atom. The van der Waals surface area contributed by atoms with Gasteiger partial charge in [0.1, 0.15) is 0 Å². The van der Waals surface area contributed by atoms with E-state index in [1.807, 2.05) is 24.3 Å². The molecule has 0 spiro atoms. The average Bonchev–Trinajstić information content (AvgIpc) is 2.27. The summed E-state index contributed by atoms with van der Waals surface area (Å²) in [5, 5.41) is 0.916. The van der Waals surface area contributed by atoms with Crippen LogP contribution in [0.25, 0.3) is 10.9 Å². The van der Waals surface area contributed by atoms with E-state index in [4.69, 9.17) is 10.5 Å². The van der Waals surface area contributed by atoms with Crippen molar-refractivity contribution in [3.63, 3.8) is 0 Å². The minimum atomic E-state index is -0.586. The van der Waals surface area contributed by atoms with Gasteiger partial charge in [-0.1, -0.05) is 18.2 Å². The Morgan fingerprint density at radius 1 is 1.21 bits per heavy atom. The molecule has 2 aromatic rings. The van der Waals surface area contributed by atoms with Gasteiger partial charge >= 0.3 is 0 Å². The highest BCUT2D eigenvalue weighted by atomic mass is 35.5. The zero-order chi connectivity index (χ0) is 10.8. The highest BCUT2D eigenvalue weighted by molar-refractivity contribution is 5.96. The molecule has 19 heavy (non-hydrogen) atoms. The summed E-state index contributed by atoms with van der Waals surface area (Å²) in [6.45, 7) is 0. The molecule has 108 valence electrons. The maximum absolute atomic E-state index is 11.1. The van der Waals surface area contributed by atoms with Crippen molar-refractivity contribution >= 4 is 41.6 Å². The number of fused-ring (bicyclic) bond motifs is 1. The van der Waals surface area contributed by atoms with Gasteiger partial charge in [-0.3, -0.25) is 4.79 Å². The first kappa shape index (κ1) is 22.6. The molecule has 0 atom stereocenters. The van der Waals surface area contributed by atoms with Crippen molar-refractivity contribution in [3.05, 3.63) is 36.0 Å². The van der Waals surface area contributed by atoms with Gasteiger partial charge in [0.05, 0.1) is 12.6 Å². The summed E-state index contributed by atoms with van der Waals surface area (Å²) in [6, 6.07) is 9.22. The number of nitrogens with zero attached hydrogens (tertiary/aromatic N) is 1. The number of ether oxygens (including phenoxy) is 1. The lowest BCUT2D eigenvalue weighted by atomic mass is 10.2. The number of rotatable bonds is 2. The third kappa shape index (κ3) is 4.53. The van der Waals surface area contributed by atoms with Crippen LogP contribution in [0.2, 0.25) is 0 Å². The molecule has 0 bridgehead atoms. The average molecular weight is 311 g/mol. The fourth-order valence-corrected chi connectivity index (χ4v) is 1.43. The van der Waals surface area contributed by atoms with Gasteiger partial charge in [0, 0.05) is 5.39 Å². The van der Waals surface area contributed by atoms with E-state index >= 15 is 0 Å². The van der Waals surface area contributed by atoms with Crippen LogP contribution >= 0.6 is 24.8 Å². The van der Waals surface area contributed by atoms with Crippen molar-refractivity contribution in [2.24, 2.45) is 5.73 Å². The number of pyridine rings is 1. The normalized spacial score (nSPS) is 8.05. The number of halogens is 2. The standard InChI is InChI=1S/C11H10N2O2.2ClH.2H2O/c1-15-9-6-7-4-2-3-5-8(7)13-10(9)11(12)14;;;;/h2-6H,1H3,(H2,12,14);2*1H;2*1H2. The minimum Gasteiger partial charge on any atom is -0.494 e. The van der Waals surface area contributed by atoms with Gasteiger partial charge in [-0.2, -0.15) is 0 Å². The van der Waals surface area contributed by atoms with Crippen LogP contribution in [0.4, 0.5) is 0 Å². The molecule has 0 radical (unpaired) electrons. The summed E-state index contributed by atoms with van der Waals surface area (Å²) in [5.41, 5.74) is 6.09. The number of amides is 1. The minimum absolute atomic E-state index is 0. The lowest BCUT2D eigenvalue weighted by Gasteiger charge is -2.06. The molecule has 1 aromatic heterocycles. The summed E-state index contributed by atoms with van der Waals surface area (Å²) in [6.07, 6.45) is 0. The van der Waals surface area contributed by atoms with Crippen LogP contribution in [0.1, 0.15) is 10.5 Å². The van der Waals surface area contributed by atoms with Crippen LogP contribution in [-0.2, 0) is 0 Å². The SMILES string of the molecule is COc1cc2ccccc2nc1C(N)=O.Cl.Cl.O.O. The van der Waals surface area contributed by atoms with Gasteiger partial charge in [0.25, 0.3) is 5.91 Å². The zero-order valence-corrected chi connectivity index (χ0v) is 11.7. The Labute approximate surface area is 122 Å². The molecule has 0 aliphatic rings. The summed E-state index contributed by atoms with van der Waals surface area (Å²) in [7, 11) is 1.48. The molecule has 0 fully saturated rings. The zero-order valence-electron chi connectivity index (χ0n) is 10.0. The van der Waals surface area contributed by atoms with E-state index < -0.39 is 5.91 Å². The van der Waals surface area contributed by atoms with E-state index in [9.17, 15) is 4.79 Å². The van der Waals surface area contributed by atoms with Gasteiger partial charge in [-0.05, 0) is 12.1 Å². The van der Waals surface area contributed by atoms with E-state index in [-0.39, 0.29) is 41.5 Å². The Bertz CT molecular complexity index is 537. The fraction of sp³-hybridized carbons (Fsp3) is 0.0909. The molecule has 0 aliphatic heterocycles. The molecule has 0 unspecified atom stereocenters. The first-order valence-electron chi connectivity index (χ1n) is 4.46. The van der Waals surface area contributed by atoms with Crippen molar-refractivity contribution in [1.82, 2.24) is 4.98 Å². The van der Waals surface area contributed by atoms with Crippen molar-refractivity contribution in [1.29, 1.82) is 0 Å². The second kappa shape index (κ2) is 9.35. The van der Waals surface area contributed by atoms with Crippen molar-refractivity contribution in [2.75, 3.05) is 7.11 Å². The van der Waals surface area contributed by atoms with Gasteiger partial charge in [-0.25, -0.2) is 4.98 Å². The van der Waals surface area contributed by atoms with Gasteiger partial charge in [-0.15, -0.1) is 24.8 Å². The van der Waals surface area contributed by atoms with Gasteiger partial charge in [0.2, 0.25) is 0 Å². The second-order valence-corrected chi connectivity index (χ2v) is 3.10. The summed E-state index contributed by atoms with van der Waals surface area (Å²) >= 11 is 0. The smallest absolute Gasteiger partial charge is 0.271 e. The van der Waals surface area contributed by atoms with E-state index in [1.165, 1.54) is 7.11 Å². The molecule has 6 nitrogen and oxygen atoms in total. The fourth-order valence-electron chi connectivity index (χ4n) is 1.43. The quantitative estimate of drug-likeness (QED) is 0.868. The number of benzene rings is 1. The first-order chi connectivity index (χ1) is 7.22. The number of nitrogens with two attached hydrogens (primary N) is 1. The van der Waals surface area contributed by atoms with E-state index in [1.54, 1.807) is 6.07 Å². The Hall–Kier alpha value is -1.60. The maximum atomic E-state index is 11.1. The van der Waals surface area contributed by atoms with Crippen molar-refractivity contribution in [3.8, 4) is 5.75 Å². The van der Waals surface area contributed by atoms with Gasteiger partial charge in [0.15, 0.2) is 11.4 Å².